The summed E-state index contributed by atoms with van der Waals surface area (Å²) in [5.41, 5.74) is 0.956. The maximum atomic E-state index is 12.6. The van der Waals surface area contributed by atoms with Crippen molar-refractivity contribution >= 4 is 15.9 Å². The summed E-state index contributed by atoms with van der Waals surface area (Å²) in [4.78, 5) is 14.2. The number of hydrogen-bond acceptors (Lipinski definition) is 4. The van der Waals surface area contributed by atoms with Gasteiger partial charge in [-0.3, -0.25) is 0 Å². The van der Waals surface area contributed by atoms with Crippen molar-refractivity contribution in [2.45, 2.75) is 25.4 Å². The van der Waals surface area contributed by atoms with Crippen LogP contribution >= 0.6 is 0 Å². The van der Waals surface area contributed by atoms with Crippen molar-refractivity contribution < 1.29 is 17.9 Å². The third kappa shape index (κ3) is 4.94. The molecule has 1 fully saturated rings. The first kappa shape index (κ1) is 17.7. The lowest BCUT2D eigenvalue weighted by Gasteiger charge is -2.29. The lowest BCUT2D eigenvalue weighted by atomic mass is 10.1. The number of carbonyl (C=O) groups excluding carboxylic acids is 1. The molecule has 1 saturated heterocycles. The molecule has 23 heavy (non-hydrogen) atoms. The van der Waals surface area contributed by atoms with Crippen LogP contribution in [-0.4, -0.2) is 57.2 Å². The zero-order chi connectivity index (χ0) is 16.9. The number of methoxy groups -OCH3 is 1. The Labute approximate surface area is 137 Å². The van der Waals surface area contributed by atoms with Gasteiger partial charge in [0.1, 0.15) is 0 Å². The maximum absolute atomic E-state index is 12.6. The summed E-state index contributed by atoms with van der Waals surface area (Å²) in [5, 5.41) is 2.96. The molecule has 1 aliphatic rings. The summed E-state index contributed by atoms with van der Waals surface area (Å²) < 4.78 is 28.7. The van der Waals surface area contributed by atoms with Crippen molar-refractivity contribution in [1.82, 2.24) is 10.2 Å². The van der Waals surface area contributed by atoms with E-state index in [4.69, 9.17) is 4.74 Å². The van der Waals surface area contributed by atoms with Gasteiger partial charge in [0, 0.05) is 19.7 Å². The molecule has 0 bridgehead atoms. The molecule has 1 N–H and O–H groups in total. The van der Waals surface area contributed by atoms with Gasteiger partial charge in [-0.25, -0.2) is 13.2 Å². The average molecular weight is 340 g/mol. The smallest absolute Gasteiger partial charge is 0.318 e. The second-order valence-corrected chi connectivity index (χ2v) is 8.15. The highest BCUT2D eigenvalue weighted by Crippen LogP contribution is 2.16. The average Bonchev–Trinajstić information content (AvgIpc) is 2.66. The highest BCUT2D eigenvalue weighted by Gasteiger charge is 2.29. The van der Waals surface area contributed by atoms with Crippen LogP contribution in [-0.2, 0) is 14.6 Å². The molecular formula is C16H24N2O4S. The number of benzene rings is 1. The van der Waals surface area contributed by atoms with Gasteiger partial charge >= 0.3 is 6.03 Å². The van der Waals surface area contributed by atoms with E-state index in [0.29, 0.717) is 13.0 Å². The monoisotopic (exact) mass is 340 g/mol. The summed E-state index contributed by atoms with van der Waals surface area (Å²) in [5.74, 6) is 0.156. The second-order valence-electron chi connectivity index (χ2n) is 5.85. The Bertz CT molecular complexity index is 618. The molecule has 0 aromatic heterocycles. The first-order chi connectivity index (χ1) is 10.9. The molecule has 1 aromatic carbocycles. The molecule has 0 aliphatic carbocycles. The number of sulfone groups is 1. The quantitative estimate of drug-likeness (QED) is 0.903. The Kier molecular flexibility index (Phi) is 6.01. The highest BCUT2D eigenvalue weighted by molar-refractivity contribution is 7.91. The van der Waals surface area contributed by atoms with Crippen LogP contribution in [0.25, 0.3) is 0 Å². The number of carbonyl (C=O) groups is 1. The Morgan fingerprint density at radius 3 is 2.70 bits per heavy atom. The summed E-state index contributed by atoms with van der Waals surface area (Å²) in [6.45, 7) is 2.47. The fourth-order valence-electron chi connectivity index (χ4n) is 2.67. The van der Waals surface area contributed by atoms with Crippen LogP contribution in [0.3, 0.4) is 0 Å². The maximum Gasteiger partial charge on any atom is 0.318 e. The van der Waals surface area contributed by atoms with Crippen LogP contribution in [0, 0.1) is 0 Å². The standard InChI is InChI=1S/C16H24N2O4S/c1-13-8-10-23(20,21)11-9-18(13)16(19)17-15(12-22-2)14-6-4-3-5-7-14/h3-7,13,15H,8-12H2,1-2H3,(H,17,19)/t13-,15-/m0/s1. The predicted octanol–water partition coefficient (Wildman–Crippen LogP) is 1.59. The fraction of sp³-hybridized carbons (Fsp3) is 0.562. The normalized spacial score (nSPS) is 22.2. The molecule has 2 amide bonds. The third-order valence-electron chi connectivity index (χ3n) is 4.12. The van der Waals surface area contributed by atoms with Crippen LogP contribution in [0.5, 0.6) is 0 Å². The molecule has 1 heterocycles. The van der Waals surface area contributed by atoms with E-state index in [0.717, 1.165) is 5.56 Å². The highest BCUT2D eigenvalue weighted by atomic mass is 32.2. The molecule has 0 radical (unpaired) electrons. The van der Waals surface area contributed by atoms with Crippen LogP contribution in [0.1, 0.15) is 24.9 Å². The van der Waals surface area contributed by atoms with Crippen molar-refractivity contribution in [3.63, 3.8) is 0 Å². The Balaban J connectivity index is 2.09. The largest absolute Gasteiger partial charge is 0.382 e. The molecule has 1 aromatic rings. The number of nitrogens with zero attached hydrogens (tertiary/aromatic N) is 1. The minimum absolute atomic E-state index is 0.0189. The van der Waals surface area contributed by atoms with Crippen molar-refractivity contribution in [3.05, 3.63) is 35.9 Å². The SMILES string of the molecule is COC[C@H](NC(=O)N1CCS(=O)(=O)CC[C@@H]1C)c1ccccc1. The van der Waals surface area contributed by atoms with Crippen LogP contribution in [0.15, 0.2) is 30.3 Å². The Hall–Kier alpha value is -1.60. The molecule has 2 rings (SSSR count). The summed E-state index contributed by atoms with van der Waals surface area (Å²) >= 11 is 0. The Morgan fingerprint density at radius 2 is 2.04 bits per heavy atom. The molecule has 2 atom stereocenters. The van der Waals surface area contributed by atoms with Crippen LogP contribution in [0.2, 0.25) is 0 Å². The predicted molar refractivity (Wildman–Crippen MR) is 89.0 cm³/mol. The van der Waals surface area contributed by atoms with Crippen molar-refractivity contribution in [3.8, 4) is 0 Å². The number of nitrogens with one attached hydrogen (secondary N) is 1. The first-order valence-corrected chi connectivity index (χ1v) is 9.56. The van der Waals surface area contributed by atoms with E-state index in [1.807, 2.05) is 37.3 Å². The summed E-state index contributed by atoms with van der Waals surface area (Å²) in [7, 11) is -1.47. The fourth-order valence-corrected chi connectivity index (χ4v) is 4.05. The van der Waals surface area contributed by atoms with Gasteiger partial charge in [0.15, 0.2) is 9.84 Å². The van der Waals surface area contributed by atoms with Crippen LogP contribution < -0.4 is 5.32 Å². The van der Waals surface area contributed by atoms with Gasteiger partial charge in [-0.15, -0.1) is 0 Å². The number of ether oxygens (including phenoxy) is 1. The van der Waals surface area contributed by atoms with Gasteiger partial charge in [0.2, 0.25) is 0 Å². The van der Waals surface area contributed by atoms with Gasteiger partial charge in [-0.05, 0) is 18.9 Å². The van der Waals surface area contributed by atoms with Gasteiger partial charge in [0.05, 0.1) is 24.2 Å². The zero-order valence-electron chi connectivity index (χ0n) is 13.6. The second kappa shape index (κ2) is 7.79. The van der Waals surface area contributed by atoms with Crippen molar-refractivity contribution in [1.29, 1.82) is 0 Å². The third-order valence-corrected chi connectivity index (χ3v) is 5.78. The number of hydrogen-bond donors (Lipinski definition) is 1. The van der Waals surface area contributed by atoms with Crippen molar-refractivity contribution in [2.75, 3.05) is 31.8 Å². The molecule has 128 valence electrons. The topological polar surface area (TPSA) is 75.7 Å². The molecule has 6 nitrogen and oxygen atoms in total. The van der Waals surface area contributed by atoms with E-state index in [-0.39, 0.29) is 36.2 Å². The number of rotatable bonds is 4. The van der Waals surface area contributed by atoms with E-state index in [2.05, 4.69) is 5.32 Å². The molecule has 1 aliphatic heterocycles. The number of amides is 2. The molecule has 0 spiro atoms. The van der Waals surface area contributed by atoms with Gasteiger partial charge in [-0.2, -0.15) is 0 Å². The molecule has 0 saturated carbocycles. The molecule has 7 heteroatoms. The lowest BCUT2D eigenvalue weighted by Crippen LogP contribution is -2.47. The lowest BCUT2D eigenvalue weighted by molar-refractivity contribution is 0.149. The summed E-state index contributed by atoms with van der Waals surface area (Å²) in [6.07, 6.45) is 0.468. The van der Waals surface area contributed by atoms with E-state index < -0.39 is 9.84 Å². The van der Waals surface area contributed by atoms with E-state index in [9.17, 15) is 13.2 Å². The van der Waals surface area contributed by atoms with E-state index >= 15 is 0 Å². The minimum Gasteiger partial charge on any atom is -0.382 e. The van der Waals surface area contributed by atoms with Gasteiger partial charge in [0.25, 0.3) is 0 Å². The summed E-state index contributed by atoms with van der Waals surface area (Å²) in [6, 6.07) is 8.97. The van der Waals surface area contributed by atoms with E-state index in [1.54, 1.807) is 12.0 Å². The molecular weight excluding hydrogens is 316 g/mol. The van der Waals surface area contributed by atoms with Crippen LogP contribution in [0.4, 0.5) is 4.79 Å². The minimum atomic E-state index is -3.06. The van der Waals surface area contributed by atoms with Gasteiger partial charge in [-0.1, -0.05) is 30.3 Å². The Morgan fingerprint density at radius 1 is 1.35 bits per heavy atom. The van der Waals surface area contributed by atoms with Crippen molar-refractivity contribution in [2.24, 2.45) is 0 Å². The number of urea groups is 1. The zero-order valence-corrected chi connectivity index (χ0v) is 14.4. The van der Waals surface area contributed by atoms with E-state index in [1.165, 1.54) is 0 Å². The van der Waals surface area contributed by atoms with Gasteiger partial charge < -0.3 is 15.0 Å². The molecule has 0 unspecified atom stereocenters. The first-order valence-electron chi connectivity index (χ1n) is 7.74.